The number of hydrogen-bond donors (Lipinski definition) is 0. The lowest BCUT2D eigenvalue weighted by molar-refractivity contribution is 0.102. The second-order valence-corrected chi connectivity index (χ2v) is 6.87. The average Bonchev–Trinajstić information content (AvgIpc) is 2.84. The van der Waals surface area contributed by atoms with Crippen molar-refractivity contribution in [3.8, 4) is 0 Å². The molecule has 94 valence electrons. The largest absolute Gasteiger partial charge is 0.293 e. The molecule has 1 aromatic heterocycles. The number of Topliss-reactive ketones (excluding diaryl/α,β-unsaturated/α-hetero) is 1. The summed E-state index contributed by atoms with van der Waals surface area (Å²) in [4.78, 5) is 12.0. The SMILES string of the molecule is CSc1nnc(SCC(=O)c2cccc(C)c2)s1. The molecule has 0 bridgehead atoms. The lowest BCUT2D eigenvalue weighted by atomic mass is 10.1. The van der Waals surface area contributed by atoms with Crippen molar-refractivity contribution in [2.24, 2.45) is 0 Å². The van der Waals surface area contributed by atoms with Crippen LogP contribution in [0.5, 0.6) is 0 Å². The van der Waals surface area contributed by atoms with Crippen molar-refractivity contribution in [3.63, 3.8) is 0 Å². The Morgan fingerprint density at radius 1 is 1.33 bits per heavy atom. The second kappa shape index (κ2) is 6.36. The standard InChI is InChI=1S/C12H12N2OS3/c1-8-4-3-5-9(6-8)10(15)7-17-12-14-13-11(16-2)18-12/h3-6H,7H2,1-2H3. The van der Waals surface area contributed by atoms with E-state index < -0.39 is 0 Å². The van der Waals surface area contributed by atoms with Gasteiger partial charge in [0.1, 0.15) is 0 Å². The minimum Gasteiger partial charge on any atom is -0.293 e. The van der Waals surface area contributed by atoms with E-state index in [-0.39, 0.29) is 5.78 Å². The van der Waals surface area contributed by atoms with Gasteiger partial charge in [-0.1, -0.05) is 58.6 Å². The number of carbonyl (C=O) groups is 1. The smallest absolute Gasteiger partial charge is 0.175 e. The van der Waals surface area contributed by atoms with Gasteiger partial charge in [0.05, 0.1) is 5.75 Å². The topological polar surface area (TPSA) is 42.9 Å². The van der Waals surface area contributed by atoms with Crippen molar-refractivity contribution in [1.29, 1.82) is 0 Å². The summed E-state index contributed by atoms with van der Waals surface area (Å²) < 4.78 is 1.78. The minimum absolute atomic E-state index is 0.129. The van der Waals surface area contributed by atoms with Crippen LogP contribution >= 0.6 is 34.9 Å². The Bertz CT molecular complexity index is 554. The normalized spacial score (nSPS) is 10.6. The molecule has 0 amide bonds. The predicted molar refractivity (Wildman–Crippen MR) is 77.9 cm³/mol. The number of nitrogens with zero attached hydrogens (tertiary/aromatic N) is 2. The molecule has 0 aliphatic carbocycles. The molecule has 1 aromatic carbocycles. The zero-order valence-corrected chi connectivity index (χ0v) is 12.5. The van der Waals surface area contributed by atoms with Crippen LogP contribution in [0.2, 0.25) is 0 Å². The maximum Gasteiger partial charge on any atom is 0.175 e. The van der Waals surface area contributed by atoms with Crippen LogP contribution in [0, 0.1) is 6.92 Å². The quantitative estimate of drug-likeness (QED) is 0.623. The molecule has 0 saturated heterocycles. The molecule has 0 aliphatic heterocycles. The van der Waals surface area contributed by atoms with Crippen LogP contribution in [-0.4, -0.2) is 28.0 Å². The highest BCUT2D eigenvalue weighted by molar-refractivity contribution is 8.03. The number of benzene rings is 1. The monoisotopic (exact) mass is 296 g/mol. The summed E-state index contributed by atoms with van der Waals surface area (Å²) in [6, 6.07) is 7.66. The van der Waals surface area contributed by atoms with E-state index in [0.29, 0.717) is 5.75 Å². The number of rotatable bonds is 5. The Labute approximate surface area is 118 Å². The third-order valence-corrected chi connectivity index (χ3v) is 5.26. The van der Waals surface area contributed by atoms with Gasteiger partial charge in [-0.05, 0) is 19.2 Å². The van der Waals surface area contributed by atoms with Crippen molar-refractivity contribution < 1.29 is 4.79 Å². The molecule has 0 saturated carbocycles. The van der Waals surface area contributed by atoms with Crippen LogP contribution in [0.15, 0.2) is 32.9 Å². The minimum atomic E-state index is 0.129. The van der Waals surface area contributed by atoms with E-state index in [2.05, 4.69) is 10.2 Å². The fourth-order valence-electron chi connectivity index (χ4n) is 1.37. The Morgan fingerprint density at radius 3 is 2.78 bits per heavy atom. The summed E-state index contributed by atoms with van der Waals surface area (Å²) in [5.74, 6) is 0.538. The zero-order chi connectivity index (χ0) is 13.0. The first-order chi connectivity index (χ1) is 8.69. The van der Waals surface area contributed by atoms with Gasteiger partial charge in [0.25, 0.3) is 0 Å². The summed E-state index contributed by atoms with van der Waals surface area (Å²) in [5, 5.41) is 8.03. The zero-order valence-electron chi connectivity index (χ0n) is 10.0. The number of thioether (sulfide) groups is 2. The number of carbonyl (C=O) groups excluding carboxylic acids is 1. The Hall–Kier alpha value is -0.850. The number of aromatic nitrogens is 2. The fourth-order valence-corrected chi connectivity index (χ4v) is 3.70. The molecule has 0 spiro atoms. The molecule has 0 radical (unpaired) electrons. The van der Waals surface area contributed by atoms with Gasteiger partial charge < -0.3 is 0 Å². The number of ketones is 1. The molecule has 18 heavy (non-hydrogen) atoms. The van der Waals surface area contributed by atoms with Gasteiger partial charge in [-0.2, -0.15) is 0 Å². The van der Waals surface area contributed by atoms with Crippen molar-refractivity contribution >= 4 is 40.6 Å². The molecule has 1 heterocycles. The van der Waals surface area contributed by atoms with Crippen LogP contribution < -0.4 is 0 Å². The Balaban J connectivity index is 1.96. The van der Waals surface area contributed by atoms with Gasteiger partial charge >= 0.3 is 0 Å². The summed E-state index contributed by atoms with van der Waals surface area (Å²) >= 11 is 4.54. The fraction of sp³-hybridized carbons (Fsp3) is 0.250. The molecule has 0 atom stereocenters. The van der Waals surface area contributed by atoms with Crippen LogP contribution in [-0.2, 0) is 0 Å². The van der Waals surface area contributed by atoms with Crippen LogP contribution in [0.25, 0.3) is 0 Å². The van der Waals surface area contributed by atoms with Gasteiger partial charge in [0.2, 0.25) is 0 Å². The summed E-state index contributed by atoms with van der Waals surface area (Å²) in [6.45, 7) is 1.99. The highest BCUT2D eigenvalue weighted by Gasteiger charge is 2.09. The van der Waals surface area contributed by atoms with Gasteiger partial charge in [-0.3, -0.25) is 4.79 Å². The van der Waals surface area contributed by atoms with E-state index in [1.807, 2.05) is 37.4 Å². The van der Waals surface area contributed by atoms with Crippen LogP contribution in [0.1, 0.15) is 15.9 Å². The highest BCUT2D eigenvalue weighted by atomic mass is 32.2. The van der Waals surface area contributed by atoms with Crippen LogP contribution in [0.3, 0.4) is 0 Å². The predicted octanol–water partition coefficient (Wildman–Crippen LogP) is 3.54. The number of aryl methyl sites for hydroxylation is 1. The Morgan fingerprint density at radius 2 is 2.11 bits per heavy atom. The average molecular weight is 296 g/mol. The molecule has 3 nitrogen and oxygen atoms in total. The molecule has 0 fully saturated rings. The van der Waals surface area contributed by atoms with Gasteiger partial charge in [0.15, 0.2) is 14.5 Å². The molecule has 0 unspecified atom stereocenters. The van der Waals surface area contributed by atoms with E-state index in [9.17, 15) is 4.79 Å². The highest BCUT2D eigenvalue weighted by Crippen LogP contribution is 2.27. The van der Waals surface area contributed by atoms with Gasteiger partial charge in [0, 0.05) is 5.56 Å². The van der Waals surface area contributed by atoms with E-state index in [1.165, 1.54) is 23.1 Å². The molecule has 2 rings (SSSR count). The maximum absolute atomic E-state index is 12.0. The molecule has 0 N–H and O–H groups in total. The third-order valence-electron chi connectivity index (χ3n) is 2.23. The van der Waals surface area contributed by atoms with Crippen molar-refractivity contribution in [2.45, 2.75) is 15.6 Å². The first-order valence-electron chi connectivity index (χ1n) is 5.29. The van der Waals surface area contributed by atoms with Crippen LogP contribution in [0.4, 0.5) is 0 Å². The first-order valence-corrected chi connectivity index (χ1v) is 8.32. The maximum atomic E-state index is 12.0. The van der Waals surface area contributed by atoms with E-state index in [4.69, 9.17) is 0 Å². The summed E-state index contributed by atoms with van der Waals surface area (Å²) in [5.41, 5.74) is 1.86. The molecule has 2 aromatic rings. The van der Waals surface area contributed by atoms with Crippen molar-refractivity contribution in [1.82, 2.24) is 10.2 Å². The summed E-state index contributed by atoms with van der Waals surface area (Å²) in [6.07, 6.45) is 1.97. The lowest BCUT2D eigenvalue weighted by Gasteiger charge is -2.00. The van der Waals surface area contributed by atoms with Crippen molar-refractivity contribution in [3.05, 3.63) is 35.4 Å². The van der Waals surface area contributed by atoms with E-state index in [1.54, 1.807) is 11.8 Å². The van der Waals surface area contributed by atoms with Gasteiger partial charge in [-0.25, -0.2) is 0 Å². The molecule has 0 aliphatic rings. The van der Waals surface area contributed by atoms with Gasteiger partial charge in [-0.15, -0.1) is 10.2 Å². The first kappa shape index (κ1) is 13.6. The lowest BCUT2D eigenvalue weighted by Crippen LogP contribution is -2.02. The molecule has 6 heteroatoms. The van der Waals surface area contributed by atoms with E-state index in [0.717, 1.165) is 19.8 Å². The third kappa shape index (κ3) is 3.57. The second-order valence-electron chi connectivity index (χ2n) is 3.62. The van der Waals surface area contributed by atoms with Crippen molar-refractivity contribution in [2.75, 3.05) is 12.0 Å². The Kier molecular flexibility index (Phi) is 4.79. The van der Waals surface area contributed by atoms with E-state index >= 15 is 0 Å². The number of hydrogen-bond acceptors (Lipinski definition) is 6. The molecular formula is C12H12N2OS3. The molecular weight excluding hydrogens is 284 g/mol. The summed E-state index contributed by atoms with van der Waals surface area (Å²) in [7, 11) is 0.